The molecule has 0 spiro atoms. The van der Waals surface area contributed by atoms with Crippen molar-refractivity contribution in [2.45, 2.75) is 110 Å². The van der Waals surface area contributed by atoms with Gasteiger partial charge in [0.05, 0.1) is 6.61 Å². The maximum absolute atomic E-state index is 10.3. The van der Waals surface area contributed by atoms with Crippen molar-refractivity contribution in [2.24, 2.45) is 0 Å². The quantitative estimate of drug-likeness (QED) is 0.194. The van der Waals surface area contributed by atoms with Crippen molar-refractivity contribution in [2.75, 3.05) is 6.61 Å². The van der Waals surface area contributed by atoms with Gasteiger partial charge in [-0.05, 0) is 6.42 Å². The minimum atomic E-state index is -4.24. The summed E-state index contributed by atoms with van der Waals surface area (Å²) in [5.41, 5.74) is 0. The van der Waals surface area contributed by atoms with Crippen molar-refractivity contribution >= 4 is 30.2 Å². The third kappa shape index (κ3) is 24.8. The summed E-state index contributed by atoms with van der Waals surface area (Å²) < 4.78 is 33.3. The average molecular weight is 423 g/mol. The van der Waals surface area contributed by atoms with Crippen LogP contribution in [0.4, 0.5) is 0 Å². The van der Waals surface area contributed by atoms with Crippen LogP contribution in [0.25, 0.3) is 0 Å². The molecular weight excluding hydrogens is 382 g/mol. The number of unbranched alkanes of at least 4 members (excludes halogenated alkanes) is 15. The fourth-order valence-electron chi connectivity index (χ4n) is 2.81. The molecule has 0 rings (SSSR count). The Morgan fingerprint density at radius 2 is 0.917 bits per heavy atom. The number of hydrogen-bond acceptors (Lipinski definition) is 3. The Kier molecular flexibility index (Phi) is 22.1. The minimum absolute atomic E-state index is 0. The van der Waals surface area contributed by atoms with Crippen LogP contribution in [-0.4, -0.2) is 39.4 Å². The Morgan fingerprint density at radius 1 is 0.625 bits per heavy atom. The number of hydrogen-bond donors (Lipinski definition) is 1. The summed E-state index contributed by atoms with van der Waals surface area (Å²) in [5.74, 6) is 0. The van der Waals surface area contributed by atoms with Crippen molar-refractivity contribution in [3.8, 4) is 0 Å². The van der Waals surface area contributed by atoms with Crippen LogP contribution in [0, 0.1) is 0 Å². The van der Waals surface area contributed by atoms with Crippen LogP contribution in [-0.2, 0) is 14.6 Å². The van der Waals surface area contributed by atoms with E-state index >= 15 is 0 Å². The normalized spacial score (nSPS) is 11.4. The van der Waals surface area contributed by atoms with Gasteiger partial charge in [0.15, 0.2) is 0 Å². The van der Waals surface area contributed by atoms with Crippen LogP contribution in [0.2, 0.25) is 0 Å². The van der Waals surface area contributed by atoms with Gasteiger partial charge in [-0.1, -0.05) is 103 Å². The zero-order valence-corrected chi connectivity index (χ0v) is 15.9. The molecule has 0 fully saturated rings. The molecule has 0 bridgehead atoms. The third-order valence-electron chi connectivity index (χ3n) is 4.23. The summed E-state index contributed by atoms with van der Waals surface area (Å²) >= 11 is 0. The Balaban J connectivity index is 0. The molecular formula is C18H41GaO4S. The molecule has 0 aliphatic carbocycles. The SMILES string of the molecule is CCCCCCCCCCCCCCCCCCOS(=O)(=O)O.[GaH3]. The standard InChI is InChI=1S/C18H38O4S.Ga.3H/c1-2-3-4-5-6-7-8-9-10-11-12-13-14-15-16-17-18-22-23(19,20)21;;;;/h2-18H2,1H3,(H,19,20,21);;;;. The molecule has 6 heteroatoms. The molecule has 0 aliphatic rings. The predicted molar refractivity (Wildman–Crippen MR) is 107 cm³/mol. The van der Waals surface area contributed by atoms with Gasteiger partial charge >= 0.3 is 30.2 Å². The molecule has 0 aromatic heterocycles. The molecule has 0 atom stereocenters. The second-order valence-corrected chi connectivity index (χ2v) is 7.64. The van der Waals surface area contributed by atoms with Gasteiger partial charge in [0.2, 0.25) is 0 Å². The first kappa shape index (κ1) is 26.7. The number of rotatable bonds is 18. The van der Waals surface area contributed by atoms with E-state index in [-0.39, 0.29) is 26.4 Å². The molecule has 1 N–H and O–H groups in total. The summed E-state index contributed by atoms with van der Waals surface area (Å²) in [6.45, 7) is 2.36. The molecule has 0 radical (unpaired) electrons. The van der Waals surface area contributed by atoms with Gasteiger partial charge in [-0.15, -0.1) is 0 Å². The van der Waals surface area contributed by atoms with E-state index in [4.69, 9.17) is 4.55 Å². The molecule has 146 valence electrons. The first-order valence-corrected chi connectivity index (χ1v) is 11.0. The van der Waals surface area contributed by atoms with Gasteiger partial charge in [-0.25, -0.2) is 4.18 Å². The summed E-state index contributed by atoms with van der Waals surface area (Å²) in [4.78, 5) is 0. The van der Waals surface area contributed by atoms with Gasteiger partial charge in [0, 0.05) is 0 Å². The zero-order valence-electron chi connectivity index (χ0n) is 15.1. The maximum atomic E-state index is 10.3. The van der Waals surface area contributed by atoms with Gasteiger partial charge in [-0.3, -0.25) is 4.55 Å². The van der Waals surface area contributed by atoms with Crippen LogP contribution in [0.3, 0.4) is 0 Å². The van der Waals surface area contributed by atoms with Crippen molar-refractivity contribution in [3.63, 3.8) is 0 Å². The molecule has 0 amide bonds. The molecule has 0 saturated heterocycles. The van der Waals surface area contributed by atoms with E-state index < -0.39 is 10.4 Å². The van der Waals surface area contributed by atoms with E-state index in [2.05, 4.69) is 11.1 Å². The molecule has 0 aromatic carbocycles. The monoisotopic (exact) mass is 422 g/mol. The van der Waals surface area contributed by atoms with Crippen LogP contribution in [0.1, 0.15) is 110 Å². The van der Waals surface area contributed by atoms with E-state index in [0.29, 0.717) is 6.42 Å². The van der Waals surface area contributed by atoms with Crippen LogP contribution in [0.5, 0.6) is 0 Å². The Bertz CT molecular complexity index is 334. The Labute approximate surface area is 163 Å². The van der Waals surface area contributed by atoms with Crippen LogP contribution >= 0.6 is 0 Å². The Morgan fingerprint density at radius 3 is 1.21 bits per heavy atom. The Hall–Kier alpha value is 0.506. The van der Waals surface area contributed by atoms with E-state index in [9.17, 15) is 8.42 Å². The van der Waals surface area contributed by atoms with E-state index in [1.54, 1.807) is 0 Å². The van der Waals surface area contributed by atoms with E-state index in [1.165, 1.54) is 83.5 Å². The van der Waals surface area contributed by atoms with Crippen molar-refractivity contribution in [1.29, 1.82) is 0 Å². The second kappa shape index (κ2) is 19.8. The van der Waals surface area contributed by atoms with Crippen molar-refractivity contribution in [3.05, 3.63) is 0 Å². The first-order chi connectivity index (χ1) is 11.1. The fraction of sp³-hybridized carbons (Fsp3) is 1.00. The summed E-state index contributed by atoms with van der Waals surface area (Å²) in [6.07, 6.45) is 20.5. The molecule has 0 heterocycles. The molecule has 24 heavy (non-hydrogen) atoms. The van der Waals surface area contributed by atoms with E-state index in [1.807, 2.05) is 0 Å². The average Bonchev–Trinajstić information content (AvgIpc) is 2.49. The fourth-order valence-corrected chi connectivity index (χ4v) is 3.14. The molecule has 0 aliphatic heterocycles. The van der Waals surface area contributed by atoms with Gasteiger partial charge in [0.1, 0.15) is 0 Å². The van der Waals surface area contributed by atoms with Crippen LogP contribution < -0.4 is 0 Å². The van der Waals surface area contributed by atoms with Gasteiger partial charge in [0.25, 0.3) is 0 Å². The zero-order chi connectivity index (χ0) is 17.2. The molecule has 4 nitrogen and oxygen atoms in total. The summed E-state index contributed by atoms with van der Waals surface area (Å²) in [6, 6.07) is 0. The van der Waals surface area contributed by atoms with Crippen molar-refractivity contribution < 1.29 is 17.2 Å². The predicted octanol–water partition coefficient (Wildman–Crippen LogP) is 4.88. The van der Waals surface area contributed by atoms with Gasteiger partial charge < -0.3 is 0 Å². The molecule has 0 unspecified atom stereocenters. The summed E-state index contributed by atoms with van der Waals surface area (Å²) in [5, 5.41) is 0. The molecule has 0 saturated carbocycles. The molecule has 0 aromatic rings. The van der Waals surface area contributed by atoms with Crippen LogP contribution in [0.15, 0.2) is 0 Å². The second-order valence-electron chi connectivity index (χ2n) is 6.55. The van der Waals surface area contributed by atoms with Gasteiger partial charge in [-0.2, -0.15) is 8.42 Å². The summed E-state index contributed by atoms with van der Waals surface area (Å²) in [7, 11) is -4.24. The third-order valence-corrected chi connectivity index (χ3v) is 4.69. The first-order valence-electron chi connectivity index (χ1n) is 9.68. The van der Waals surface area contributed by atoms with E-state index in [0.717, 1.165) is 12.8 Å². The van der Waals surface area contributed by atoms with Crippen molar-refractivity contribution in [1.82, 2.24) is 0 Å². The topological polar surface area (TPSA) is 63.6 Å².